The van der Waals surface area contributed by atoms with E-state index in [9.17, 15) is 22.0 Å². The van der Waals surface area contributed by atoms with E-state index in [0.29, 0.717) is 27.3 Å². The Balaban J connectivity index is 1.47. The Bertz CT molecular complexity index is 1220. The molecule has 0 aliphatic carbocycles. The predicted molar refractivity (Wildman–Crippen MR) is 111 cm³/mol. The highest BCUT2D eigenvalue weighted by molar-refractivity contribution is 7.89. The van der Waals surface area contributed by atoms with Gasteiger partial charge in [0.1, 0.15) is 9.88 Å². The van der Waals surface area contributed by atoms with Gasteiger partial charge in [-0.05, 0) is 37.3 Å². The predicted octanol–water partition coefficient (Wildman–Crippen LogP) is 2.94. The van der Waals surface area contributed by atoms with Crippen molar-refractivity contribution in [2.45, 2.75) is 11.8 Å². The molecule has 31 heavy (non-hydrogen) atoms. The molecule has 0 N–H and O–H groups in total. The minimum absolute atomic E-state index is 0.0536. The highest BCUT2D eigenvalue weighted by atomic mass is 32.2. The van der Waals surface area contributed by atoms with Gasteiger partial charge in [-0.15, -0.1) is 11.3 Å². The zero-order valence-electron chi connectivity index (χ0n) is 16.5. The molecule has 1 aromatic carbocycles. The number of hydrogen-bond acceptors (Lipinski definition) is 6. The van der Waals surface area contributed by atoms with Crippen LogP contribution in [0.25, 0.3) is 10.7 Å². The topological polar surface area (TPSA) is 83.5 Å². The van der Waals surface area contributed by atoms with Gasteiger partial charge in [-0.3, -0.25) is 9.78 Å². The molecule has 7 nitrogen and oxygen atoms in total. The molecule has 0 spiro atoms. The number of thiazole rings is 1. The van der Waals surface area contributed by atoms with Crippen LogP contribution in [0.1, 0.15) is 15.4 Å². The van der Waals surface area contributed by atoms with Crippen molar-refractivity contribution >= 4 is 27.3 Å². The van der Waals surface area contributed by atoms with E-state index in [4.69, 9.17) is 0 Å². The Morgan fingerprint density at radius 3 is 2.45 bits per heavy atom. The third-order valence-electron chi connectivity index (χ3n) is 4.93. The molecule has 0 saturated carbocycles. The number of benzene rings is 1. The Labute approximate surface area is 182 Å². The van der Waals surface area contributed by atoms with Crippen LogP contribution in [0.3, 0.4) is 0 Å². The lowest BCUT2D eigenvalue weighted by atomic mass is 10.3. The monoisotopic (exact) mass is 464 g/mol. The summed E-state index contributed by atoms with van der Waals surface area (Å²) in [5.41, 5.74) is 1.27. The fourth-order valence-corrected chi connectivity index (χ4v) is 5.70. The van der Waals surface area contributed by atoms with Gasteiger partial charge in [0.15, 0.2) is 11.6 Å². The Morgan fingerprint density at radius 2 is 1.81 bits per heavy atom. The highest BCUT2D eigenvalue weighted by Gasteiger charge is 2.32. The molecule has 4 rings (SSSR count). The van der Waals surface area contributed by atoms with Crippen LogP contribution in [-0.2, 0) is 10.0 Å². The van der Waals surface area contributed by atoms with Gasteiger partial charge >= 0.3 is 0 Å². The van der Waals surface area contributed by atoms with Crippen LogP contribution < -0.4 is 0 Å². The fraction of sp³-hybridized carbons (Fsp3) is 0.250. The Morgan fingerprint density at radius 1 is 1.06 bits per heavy atom. The number of rotatable bonds is 4. The smallest absolute Gasteiger partial charge is 0.265 e. The number of pyridine rings is 1. The van der Waals surface area contributed by atoms with Gasteiger partial charge in [0.25, 0.3) is 5.91 Å². The van der Waals surface area contributed by atoms with Crippen molar-refractivity contribution in [2.24, 2.45) is 0 Å². The second-order valence-corrected chi connectivity index (χ2v) is 9.86. The minimum atomic E-state index is -3.98. The van der Waals surface area contributed by atoms with E-state index < -0.39 is 21.7 Å². The molecular weight excluding hydrogens is 446 g/mol. The number of halogens is 2. The van der Waals surface area contributed by atoms with E-state index in [-0.39, 0.29) is 37.0 Å². The lowest BCUT2D eigenvalue weighted by molar-refractivity contribution is 0.0702. The zero-order chi connectivity index (χ0) is 22.2. The van der Waals surface area contributed by atoms with E-state index >= 15 is 0 Å². The van der Waals surface area contributed by atoms with Crippen LogP contribution in [0, 0.1) is 18.6 Å². The second kappa shape index (κ2) is 8.40. The van der Waals surface area contributed by atoms with Crippen LogP contribution in [0.15, 0.2) is 47.5 Å². The first kappa shape index (κ1) is 21.5. The van der Waals surface area contributed by atoms with E-state index in [1.54, 1.807) is 24.1 Å². The molecule has 0 radical (unpaired) electrons. The quantitative estimate of drug-likeness (QED) is 0.593. The van der Waals surface area contributed by atoms with Gasteiger partial charge in [-0.25, -0.2) is 22.2 Å². The number of aryl methyl sites for hydroxylation is 1. The molecule has 1 aliphatic heterocycles. The average molecular weight is 465 g/mol. The molecule has 1 amide bonds. The van der Waals surface area contributed by atoms with Crippen LogP contribution in [0.2, 0.25) is 0 Å². The lowest BCUT2D eigenvalue weighted by Crippen LogP contribution is -2.50. The summed E-state index contributed by atoms with van der Waals surface area (Å²) in [6.45, 7) is 2.21. The molecule has 0 atom stereocenters. The molecule has 0 bridgehead atoms. The van der Waals surface area contributed by atoms with Gasteiger partial charge in [-0.2, -0.15) is 4.31 Å². The van der Waals surface area contributed by atoms with Gasteiger partial charge in [-0.1, -0.05) is 6.07 Å². The fourth-order valence-electron chi connectivity index (χ4n) is 3.26. The first-order chi connectivity index (χ1) is 14.8. The number of hydrogen-bond donors (Lipinski definition) is 0. The van der Waals surface area contributed by atoms with Crippen molar-refractivity contribution in [2.75, 3.05) is 26.2 Å². The lowest BCUT2D eigenvalue weighted by Gasteiger charge is -2.33. The number of amides is 1. The number of nitrogens with zero attached hydrogens (tertiary/aromatic N) is 4. The van der Waals surface area contributed by atoms with E-state index in [1.165, 1.54) is 15.6 Å². The van der Waals surface area contributed by atoms with Gasteiger partial charge in [0.2, 0.25) is 10.0 Å². The molecule has 1 fully saturated rings. The summed E-state index contributed by atoms with van der Waals surface area (Å²) in [7, 11) is -3.98. The third-order valence-corrected chi connectivity index (χ3v) is 7.99. The second-order valence-electron chi connectivity index (χ2n) is 6.92. The maximum atomic E-state index is 13.5. The SMILES string of the molecule is Cc1nc(-c2ccccn2)sc1C(=O)N1CCN(S(=O)(=O)c2ccc(F)c(F)c2)CC1. The molecule has 0 unspecified atom stereocenters. The van der Waals surface area contributed by atoms with Gasteiger partial charge in [0.05, 0.1) is 16.3 Å². The summed E-state index contributed by atoms with van der Waals surface area (Å²) < 4.78 is 53.2. The molecule has 1 saturated heterocycles. The number of piperazine rings is 1. The van der Waals surface area contributed by atoms with Crippen LogP contribution in [-0.4, -0.2) is 59.7 Å². The minimum Gasteiger partial charge on any atom is -0.335 e. The van der Waals surface area contributed by atoms with Crippen LogP contribution >= 0.6 is 11.3 Å². The van der Waals surface area contributed by atoms with Crippen molar-refractivity contribution in [3.8, 4) is 10.7 Å². The van der Waals surface area contributed by atoms with Crippen molar-refractivity contribution in [3.05, 3.63) is 64.8 Å². The summed E-state index contributed by atoms with van der Waals surface area (Å²) in [4.78, 5) is 23.4. The zero-order valence-corrected chi connectivity index (χ0v) is 18.1. The summed E-state index contributed by atoms with van der Waals surface area (Å²) in [6.07, 6.45) is 1.65. The van der Waals surface area contributed by atoms with Gasteiger partial charge < -0.3 is 4.90 Å². The Hall–Kier alpha value is -2.76. The normalized spacial score (nSPS) is 15.3. The average Bonchev–Trinajstić information content (AvgIpc) is 3.17. The third kappa shape index (κ3) is 4.21. The number of sulfonamides is 1. The molecular formula is C20H18F2N4O3S2. The summed E-state index contributed by atoms with van der Waals surface area (Å²) >= 11 is 1.25. The maximum Gasteiger partial charge on any atom is 0.265 e. The summed E-state index contributed by atoms with van der Waals surface area (Å²) in [5.74, 6) is -2.55. The van der Waals surface area contributed by atoms with Crippen molar-refractivity contribution < 1.29 is 22.0 Å². The molecule has 11 heteroatoms. The first-order valence-electron chi connectivity index (χ1n) is 9.40. The maximum absolute atomic E-state index is 13.5. The van der Waals surface area contributed by atoms with Gasteiger partial charge in [0, 0.05) is 32.4 Å². The van der Waals surface area contributed by atoms with Crippen LogP contribution in [0.5, 0.6) is 0 Å². The van der Waals surface area contributed by atoms with E-state index in [2.05, 4.69) is 9.97 Å². The molecule has 3 heterocycles. The van der Waals surface area contributed by atoms with E-state index in [0.717, 1.165) is 12.1 Å². The van der Waals surface area contributed by atoms with Crippen molar-refractivity contribution in [3.63, 3.8) is 0 Å². The molecule has 1 aliphatic rings. The number of carbonyl (C=O) groups is 1. The molecule has 2 aromatic heterocycles. The number of carbonyl (C=O) groups excluding carboxylic acids is 1. The largest absolute Gasteiger partial charge is 0.335 e. The molecule has 162 valence electrons. The van der Waals surface area contributed by atoms with Crippen molar-refractivity contribution in [1.82, 2.24) is 19.2 Å². The first-order valence-corrected chi connectivity index (χ1v) is 11.7. The molecule has 3 aromatic rings. The summed E-state index contributed by atoms with van der Waals surface area (Å²) in [6, 6.07) is 7.94. The highest BCUT2D eigenvalue weighted by Crippen LogP contribution is 2.28. The van der Waals surface area contributed by atoms with E-state index in [1.807, 2.05) is 12.1 Å². The standard InChI is InChI=1S/C20H18F2N4O3S2/c1-13-18(30-19(24-13)17-4-2-3-7-23-17)20(27)25-8-10-26(11-9-25)31(28,29)14-5-6-15(21)16(22)12-14/h2-7,12H,8-11H2,1H3. The summed E-state index contributed by atoms with van der Waals surface area (Å²) in [5, 5.41) is 0.640. The van der Waals surface area contributed by atoms with Crippen LogP contribution in [0.4, 0.5) is 8.78 Å². The van der Waals surface area contributed by atoms with Crippen molar-refractivity contribution in [1.29, 1.82) is 0 Å². The Kier molecular flexibility index (Phi) is 5.82. The number of aromatic nitrogens is 2.